The normalized spacial score (nSPS) is 16.5. The summed E-state index contributed by atoms with van der Waals surface area (Å²) in [4.78, 5) is 36.8. The Hall–Kier alpha value is -2.09. The Labute approximate surface area is 154 Å². The van der Waals surface area contributed by atoms with Crippen LogP contribution in [0.5, 0.6) is 5.75 Å². The summed E-state index contributed by atoms with van der Waals surface area (Å²) in [7, 11) is 0. The maximum atomic E-state index is 12.7. The van der Waals surface area contributed by atoms with Crippen LogP contribution in [-0.2, 0) is 19.8 Å². The molecule has 0 unspecified atom stereocenters. The van der Waals surface area contributed by atoms with Gasteiger partial charge in [0, 0.05) is 16.9 Å². The first-order valence-corrected chi connectivity index (χ1v) is 8.69. The molecule has 0 saturated heterocycles. The van der Waals surface area contributed by atoms with Crippen molar-refractivity contribution in [2.45, 2.75) is 45.1 Å². The molecule has 0 bridgehead atoms. The first-order chi connectivity index (χ1) is 11.5. The summed E-state index contributed by atoms with van der Waals surface area (Å²) in [5.41, 5.74) is 0.133. The van der Waals surface area contributed by atoms with E-state index in [0.29, 0.717) is 22.1 Å². The van der Waals surface area contributed by atoms with Gasteiger partial charge in [-0.05, 0) is 44.9 Å². The molecule has 1 aromatic carbocycles. The average molecular weight is 413 g/mol. The van der Waals surface area contributed by atoms with E-state index in [1.807, 2.05) is 0 Å². The number of aromatic hydroxyl groups is 1. The number of benzene rings is 1. The molecule has 1 aliphatic rings. The van der Waals surface area contributed by atoms with Crippen LogP contribution in [0.1, 0.15) is 39.2 Å². The second-order valence-electron chi connectivity index (χ2n) is 6.74. The number of halogens is 1. The zero-order valence-corrected chi connectivity index (χ0v) is 15.9. The van der Waals surface area contributed by atoms with E-state index >= 15 is 0 Å². The van der Waals surface area contributed by atoms with Gasteiger partial charge in [0.15, 0.2) is 0 Å². The Morgan fingerprint density at radius 1 is 1.36 bits per heavy atom. The SMILES string of the molecule is C[C@H](CCC(=O)O)NC(=O)CN1C(=O)C(C)(C)c2cc(Br)cc(O)c21. The van der Waals surface area contributed by atoms with Crippen LogP contribution in [0.2, 0.25) is 0 Å². The van der Waals surface area contributed by atoms with E-state index in [-0.39, 0.29) is 30.7 Å². The van der Waals surface area contributed by atoms with Gasteiger partial charge in [0.05, 0.1) is 11.1 Å². The van der Waals surface area contributed by atoms with Gasteiger partial charge in [-0.3, -0.25) is 19.3 Å². The number of nitrogens with zero attached hydrogens (tertiary/aromatic N) is 1. The third kappa shape index (κ3) is 3.95. The number of aliphatic carboxylic acids is 1. The van der Waals surface area contributed by atoms with Gasteiger partial charge >= 0.3 is 5.97 Å². The summed E-state index contributed by atoms with van der Waals surface area (Å²) in [5.74, 6) is -1.68. The third-order valence-electron chi connectivity index (χ3n) is 4.28. The van der Waals surface area contributed by atoms with E-state index in [2.05, 4.69) is 21.2 Å². The zero-order valence-electron chi connectivity index (χ0n) is 14.3. The van der Waals surface area contributed by atoms with E-state index in [9.17, 15) is 19.5 Å². The summed E-state index contributed by atoms with van der Waals surface area (Å²) >= 11 is 3.30. The highest BCUT2D eigenvalue weighted by atomic mass is 79.9. The van der Waals surface area contributed by atoms with E-state index in [4.69, 9.17) is 5.11 Å². The lowest BCUT2D eigenvalue weighted by atomic mass is 9.86. The molecular formula is C17H21BrN2O5. The van der Waals surface area contributed by atoms with Crippen molar-refractivity contribution in [1.29, 1.82) is 0 Å². The van der Waals surface area contributed by atoms with Crippen LogP contribution in [0.3, 0.4) is 0 Å². The van der Waals surface area contributed by atoms with Crippen LogP contribution in [0.15, 0.2) is 16.6 Å². The van der Waals surface area contributed by atoms with Gasteiger partial charge in [-0.15, -0.1) is 0 Å². The van der Waals surface area contributed by atoms with Crippen molar-refractivity contribution in [2.24, 2.45) is 0 Å². The molecule has 25 heavy (non-hydrogen) atoms. The standard InChI is InChI=1S/C17H21BrN2O5/c1-9(4-5-14(23)24)19-13(22)8-20-15-11(17(2,3)16(20)25)6-10(18)7-12(15)21/h6-7,9,21H,4-5,8H2,1-3H3,(H,19,22)(H,23,24)/t9-/m1/s1. The third-order valence-corrected chi connectivity index (χ3v) is 4.74. The lowest BCUT2D eigenvalue weighted by molar-refractivity contribution is -0.137. The molecule has 1 atom stereocenters. The monoisotopic (exact) mass is 412 g/mol. The van der Waals surface area contributed by atoms with E-state index in [0.717, 1.165) is 0 Å². The Morgan fingerprint density at radius 3 is 2.60 bits per heavy atom. The molecule has 2 rings (SSSR count). The van der Waals surface area contributed by atoms with Crippen molar-refractivity contribution in [1.82, 2.24) is 5.32 Å². The summed E-state index contributed by atoms with van der Waals surface area (Å²) in [5, 5.41) is 21.6. The number of carbonyl (C=O) groups is 3. The smallest absolute Gasteiger partial charge is 0.303 e. The molecule has 136 valence electrons. The van der Waals surface area contributed by atoms with Crippen LogP contribution in [0.4, 0.5) is 5.69 Å². The summed E-state index contributed by atoms with van der Waals surface area (Å²) < 4.78 is 0.651. The Morgan fingerprint density at radius 2 is 2.00 bits per heavy atom. The van der Waals surface area contributed by atoms with Crippen LogP contribution >= 0.6 is 15.9 Å². The summed E-state index contributed by atoms with van der Waals surface area (Å²) in [6.07, 6.45) is 0.254. The van der Waals surface area contributed by atoms with Crippen molar-refractivity contribution in [3.8, 4) is 5.75 Å². The second kappa shape index (κ2) is 7.03. The minimum absolute atomic E-state index is 0.0469. The molecule has 0 aliphatic carbocycles. The number of anilines is 1. The molecule has 3 N–H and O–H groups in total. The van der Waals surface area contributed by atoms with E-state index in [1.165, 1.54) is 11.0 Å². The van der Waals surface area contributed by atoms with Crippen molar-refractivity contribution >= 4 is 39.4 Å². The predicted molar refractivity (Wildman–Crippen MR) is 95.7 cm³/mol. The largest absolute Gasteiger partial charge is 0.506 e. The van der Waals surface area contributed by atoms with Gasteiger partial charge in [-0.1, -0.05) is 15.9 Å². The number of nitrogens with one attached hydrogen (secondary N) is 1. The van der Waals surface area contributed by atoms with Gasteiger partial charge < -0.3 is 15.5 Å². The number of carboxylic acid groups (broad SMARTS) is 1. The number of hydrogen-bond acceptors (Lipinski definition) is 4. The highest BCUT2D eigenvalue weighted by molar-refractivity contribution is 9.10. The predicted octanol–water partition coefficient (Wildman–Crippen LogP) is 2.15. The quantitative estimate of drug-likeness (QED) is 0.663. The Balaban J connectivity index is 2.17. The molecule has 1 aliphatic heterocycles. The fraction of sp³-hybridized carbons (Fsp3) is 0.471. The van der Waals surface area contributed by atoms with Crippen molar-refractivity contribution in [3.63, 3.8) is 0 Å². The maximum Gasteiger partial charge on any atom is 0.303 e. The van der Waals surface area contributed by atoms with Crippen molar-refractivity contribution in [3.05, 3.63) is 22.2 Å². The number of fused-ring (bicyclic) bond motifs is 1. The van der Waals surface area contributed by atoms with Gasteiger partial charge in [0.2, 0.25) is 11.8 Å². The van der Waals surface area contributed by atoms with Crippen molar-refractivity contribution in [2.75, 3.05) is 11.4 Å². The fourth-order valence-electron chi connectivity index (χ4n) is 2.93. The fourth-order valence-corrected chi connectivity index (χ4v) is 3.37. The number of amides is 2. The highest BCUT2D eigenvalue weighted by Crippen LogP contribution is 2.47. The molecule has 0 saturated carbocycles. The van der Waals surface area contributed by atoms with Crippen LogP contribution in [-0.4, -0.2) is 40.6 Å². The number of carboxylic acids is 1. The van der Waals surface area contributed by atoms with E-state index < -0.39 is 17.3 Å². The van der Waals surface area contributed by atoms with E-state index in [1.54, 1.807) is 26.8 Å². The lowest BCUT2D eigenvalue weighted by Crippen LogP contribution is -2.45. The number of carbonyl (C=O) groups excluding carboxylic acids is 2. The number of hydrogen-bond donors (Lipinski definition) is 3. The topological polar surface area (TPSA) is 107 Å². The average Bonchev–Trinajstić information content (AvgIpc) is 2.66. The molecular weight excluding hydrogens is 392 g/mol. The molecule has 1 heterocycles. The van der Waals surface area contributed by atoms with Crippen LogP contribution < -0.4 is 10.2 Å². The zero-order chi connectivity index (χ0) is 18.9. The molecule has 2 amide bonds. The van der Waals surface area contributed by atoms with Gasteiger partial charge in [0.1, 0.15) is 12.3 Å². The van der Waals surface area contributed by atoms with Gasteiger partial charge in [0.25, 0.3) is 0 Å². The first kappa shape index (κ1) is 19.2. The minimum Gasteiger partial charge on any atom is -0.506 e. The summed E-state index contributed by atoms with van der Waals surface area (Å²) in [6, 6.07) is 2.92. The Bertz CT molecular complexity index is 732. The van der Waals surface area contributed by atoms with Crippen LogP contribution in [0, 0.1) is 0 Å². The molecule has 8 heteroatoms. The molecule has 0 fully saturated rings. The Kier molecular flexibility index (Phi) is 5.41. The minimum atomic E-state index is -0.929. The van der Waals surface area contributed by atoms with Crippen molar-refractivity contribution < 1.29 is 24.6 Å². The highest BCUT2D eigenvalue weighted by Gasteiger charge is 2.46. The number of phenols is 1. The second-order valence-corrected chi connectivity index (χ2v) is 7.65. The molecule has 0 spiro atoms. The van der Waals surface area contributed by atoms with Crippen LogP contribution in [0.25, 0.3) is 0 Å². The first-order valence-electron chi connectivity index (χ1n) is 7.90. The maximum absolute atomic E-state index is 12.7. The molecule has 7 nitrogen and oxygen atoms in total. The molecule has 0 aromatic heterocycles. The molecule has 0 radical (unpaired) electrons. The number of phenolic OH excluding ortho intramolecular Hbond substituents is 1. The number of rotatable bonds is 6. The summed E-state index contributed by atoms with van der Waals surface area (Å²) in [6.45, 7) is 4.96. The van der Waals surface area contributed by atoms with Gasteiger partial charge in [-0.2, -0.15) is 0 Å². The molecule has 1 aromatic rings. The van der Waals surface area contributed by atoms with Gasteiger partial charge in [-0.25, -0.2) is 0 Å². The lowest BCUT2D eigenvalue weighted by Gasteiger charge is -2.21.